The molecule has 92 valence electrons. The van der Waals surface area contributed by atoms with Crippen molar-refractivity contribution < 1.29 is 0 Å². The van der Waals surface area contributed by atoms with E-state index in [0.29, 0.717) is 0 Å². The maximum Gasteiger partial charge on any atom is -0.00264 e. The molecule has 1 rings (SSSR count). The average molecular weight is 286 g/mol. The third kappa shape index (κ3) is 5.96. The van der Waals surface area contributed by atoms with E-state index in [0.717, 1.165) is 5.57 Å². The number of allylic oxidation sites excluding steroid dienone is 1. The summed E-state index contributed by atoms with van der Waals surface area (Å²) >= 11 is 2.94. The Hall–Kier alpha value is -0.760. The van der Waals surface area contributed by atoms with Gasteiger partial charge in [0.2, 0.25) is 0 Å². The van der Waals surface area contributed by atoms with Crippen LogP contribution in [0.4, 0.5) is 0 Å². The molecule has 0 amide bonds. The minimum atomic E-state index is 1.14. The van der Waals surface area contributed by atoms with Gasteiger partial charge in [0.15, 0.2) is 0 Å². The SMILES string of the molecule is C/C(=C\N)c1cc(C)ccc1C.CBr.CC. The van der Waals surface area contributed by atoms with Gasteiger partial charge in [-0.25, -0.2) is 0 Å². The van der Waals surface area contributed by atoms with E-state index in [4.69, 9.17) is 5.73 Å². The maximum absolute atomic E-state index is 5.46. The van der Waals surface area contributed by atoms with Crippen molar-refractivity contribution >= 4 is 21.5 Å². The van der Waals surface area contributed by atoms with Crippen LogP contribution in [0.3, 0.4) is 0 Å². The molecule has 0 aromatic heterocycles. The highest BCUT2D eigenvalue weighted by molar-refractivity contribution is 9.08. The fraction of sp³-hybridized carbons (Fsp3) is 0.429. The highest BCUT2D eigenvalue weighted by atomic mass is 79.9. The van der Waals surface area contributed by atoms with E-state index in [9.17, 15) is 0 Å². The molecule has 1 aromatic rings. The molecule has 0 heterocycles. The van der Waals surface area contributed by atoms with E-state index in [-0.39, 0.29) is 0 Å². The lowest BCUT2D eigenvalue weighted by molar-refractivity contribution is 1.35. The number of hydrogen-bond acceptors (Lipinski definition) is 1. The van der Waals surface area contributed by atoms with E-state index >= 15 is 0 Å². The van der Waals surface area contributed by atoms with Crippen molar-refractivity contribution in [3.05, 3.63) is 41.1 Å². The molecular formula is C14H24BrN. The molecule has 1 aromatic carbocycles. The van der Waals surface area contributed by atoms with Gasteiger partial charge in [0.25, 0.3) is 0 Å². The maximum atomic E-state index is 5.46. The van der Waals surface area contributed by atoms with E-state index in [1.165, 1.54) is 16.7 Å². The van der Waals surface area contributed by atoms with E-state index in [1.807, 2.05) is 26.6 Å². The molecule has 0 spiro atoms. The van der Waals surface area contributed by atoms with Crippen LogP contribution in [0.1, 0.15) is 37.5 Å². The van der Waals surface area contributed by atoms with Crippen molar-refractivity contribution in [1.82, 2.24) is 0 Å². The van der Waals surface area contributed by atoms with Gasteiger partial charge in [-0.3, -0.25) is 0 Å². The van der Waals surface area contributed by atoms with Gasteiger partial charge in [-0.15, -0.1) is 0 Å². The average Bonchev–Trinajstić information content (AvgIpc) is 2.36. The van der Waals surface area contributed by atoms with E-state index in [1.54, 1.807) is 6.20 Å². The molecule has 16 heavy (non-hydrogen) atoms. The third-order valence-corrected chi connectivity index (χ3v) is 2.07. The number of benzene rings is 1. The summed E-state index contributed by atoms with van der Waals surface area (Å²) in [6.45, 7) is 10.2. The van der Waals surface area contributed by atoms with E-state index < -0.39 is 0 Å². The van der Waals surface area contributed by atoms with Crippen LogP contribution >= 0.6 is 15.9 Å². The standard InChI is InChI=1S/C11H15N.C2H6.CH3Br/c1-8-4-5-9(2)11(6-8)10(3)7-12;2*1-2/h4-7H,12H2,1-3H3;1-2H3;1H3/b10-7+;;. The highest BCUT2D eigenvalue weighted by Gasteiger charge is 1.99. The molecule has 0 aliphatic heterocycles. The van der Waals surface area contributed by atoms with Crippen molar-refractivity contribution in [3.8, 4) is 0 Å². The van der Waals surface area contributed by atoms with Gasteiger partial charge in [-0.05, 0) is 49.5 Å². The van der Waals surface area contributed by atoms with Crippen LogP contribution in [-0.4, -0.2) is 5.83 Å². The molecular weight excluding hydrogens is 262 g/mol. The van der Waals surface area contributed by atoms with Crippen LogP contribution < -0.4 is 5.73 Å². The number of alkyl halides is 1. The molecule has 2 heteroatoms. The molecule has 0 bridgehead atoms. The number of halogens is 1. The predicted molar refractivity (Wildman–Crippen MR) is 80.0 cm³/mol. The number of aryl methyl sites for hydroxylation is 2. The second kappa shape index (κ2) is 10.7. The van der Waals surface area contributed by atoms with Crippen LogP contribution in [0, 0.1) is 13.8 Å². The molecule has 1 nitrogen and oxygen atoms in total. The van der Waals surface area contributed by atoms with Crippen LogP contribution in [0.5, 0.6) is 0 Å². The van der Waals surface area contributed by atoms with Crippen molar-refractivity contribution in [2.24, 2.45) is 5.73 Å². The first-order valence-corrected chi connectivity index (χ1v) is 7.07. The van der Waals surface area contributed by atoms with Gasteiger partial charge in [0.05, 0.1) is 0 Å². The second-order valence-electron chi connectivity index (χ2n) is 3.17. The van der Waals surface area contributed by atoms with Gasteiger partial charge in [-0.2, -0.15) is 0 Å². The third-order valence-electron chi connectivity index (χ3n) is 2.07. The lowest BCUT2D eigenvalue weighted by Gasteiger charge is -2.06. The molecule has 0 unspecified atom stereocenters. The molecule has 0 radical (unpaired) electrons. The molecule has 0 saturated heterocycles. The van der Waals surface area contributed by atoms with Crippen LogP contribution in [0.15, 0.2) is 24.4 Å². The van der Waals surface area contributed by atoms with Crippen LogP contribution in [-0.2, 0) is 0 Å². The minimum Gasteiger partial charge on any atom is -0.404 e. The summed E-state index contributed by atoms with van der Waals surface area (Å²) in [6.07, 6.45) is 1.65. The summed E-state index contributed by atoms with van der Waals surface area (Å²) in [5, 5.41) is 0. The van der Waals surface area contributed by atoms with Gasteiger partial charge >= 0.3 is 0 Å². The summed E-state index contributed by atoms with van der Waals surface area (Å²) in [7, 11) is 0. The molecule has 0 atom stereocenters. The summed E-state index contributed by atoms with van der Waals surface area (Å²) < 4.78 is 0. The number of hydrogen-bond donors (Lipinski definition) is 1. The quantitative estimate of drug-likeness (QED) is 0.746. The van der Waals surface area contributed by atoms with Gasteiger partial charge in [0.1, 0.15) is 0 Å². The largest absolute Gasteiger partial charge is 0.404 e. The Balaban J connectivity index is 0. The lowest BCUT2D eigenvalue weighted by atomic mass is 10.0. The number of nitrogens with two attached hydrogens (primary N) is 1. The van der Waals surface area contributed by atoms with Crippen LogP contribution in [0.2, 0.25) is 0 Å². The Morgan fingerprint density at radius 1 is 1.19 bits per heavy atom. The highest BCUT2D eigenvalue weighted by Crippen LogP contribution is 2.18. The normalized spacial score (nSPS) is 9.56. The summed E-state index contributed by atoms with van der Waals surface area (Å²) in [4.78, 5) is 0. The first-order valence-electron chi connectivity index (χ1n) is 5.49. The smallest absolute Gasteiger partial charge is 0.00264 e. The topological polar surface area (TPSA) is 26.0 Å². The Bertz CT molecular complexity index is 317. The zero-order chi connectivity index (χ0) is 13.1. The van der Waals surface area contributed by atoms with Crippen molar-refractivity contribution in [2.45, 2.75) is 34.6 Å². The Morgan fingerprint density at radius 2 is 1.69 bits per heavy atom. The Labute approximate surface area is 109 Å². The zero-order valence-electron chi connectivity index (χ0n) is 11.3. The minimum absolute atomic E-state index is 1.14. The summed E-state index contributed by atoms with van der Waals surface area (Å²) in [6, 6.07) is 6.40. The molecule has 0 aliphatic carbocycles. The fourth-order valence-corrected chi connectivity index (χ4v) is 1.25. The number of rotatable bonds is 1. The first-order chi connectivity index (χ1) is 7.65. The lowest BCUT2D eigenvalue weighted by Crippen LogP contribution is -1.90. The van der Waals surface area contributed by atoms with Crippen molar-refractivity contribution in [1.29, 1.82) is 0 Å². The molecule has 0 fully saturated rings. The fourth-order valence-electron chi connectivity index (χ4n) is 1.25. The Kier molecular flexibility index (Phi) is 11.8. The summed E-state index contributed by atoms with van der Waals surface area (Å²) in [5.74, 6) is 1.81. The zero-order valence-corrected chi connectivity index (χ0v) is 12.9. The Morgan fingerprint density at radius 3 is 2.12 bits per heavy atom. The van der Waals surface area contributed by atoms with Gasteiger partial charge < -0.3 is 5.73 Å². The van der Waals surface area contributed by atoms with Gasteiger partial charge in [0, 0.05) is 0 Å². The van der Waals surface area contributed by atoms with Crippen molar-refractivity contribution in [3.63, 3.8) is 0 Å². The van der Waals surface area contributed by atoms with Crippen LogP contribution in [0.25, 0.3) is 5.57 Å². The van der Waals surface area contributed by atoms with E-state index in [2.05, 4.69) is 48.0 Å². The molecule has 0 saturated carbocycles. The summed E-state index contributed by atoms with van der Waals surface area (Å²) in [5.41, 5.74) is 10.4. The van der Waals surface area contributed by atoms with Crippen molar-refractivity contribution in [2.75, 3.05) is 5.83 Å². The second-order valence-corrected chi connectivity index (χ2v) is 3.17. The predicted octanol–water partition coefficient (Wildman–Crippen LogP) is 4.66. The molecule has 0 aliphatic rings. The first kappa shape index (κ1) is 17.6. The van der Waals surface area contributed by atoms with Gasteiger partial charge in [-0.1, -0.05) is 53.5 Å². The monoisotopic (exact) mass is 285 g/mol. The molecule has 2 N–H and O–H groups in total.